The molecule has 0 aliphatic carbocycles. The van der Waals surface area contributed by atoms with Gasteiger partial charge in [0.15, 0.2) is 0 Å². The number of rotatable bonds is 3. The van der Waals surface area contributed by atoms with Crippen LogP contribution >= 0.6 is 0 Å². The topological polar surface area (TPSA) is 55.0 Å². The number of nitrogens with two attached hydrogens (primary N) is 1. The van der Waals surface area contributed by atoms with Gasteiger partial charge < -0.3 is 10.6 Å². The molecule has 4 heteroatoms. The Balaban J connectivity index is 1.76. The molecule has 1 aromatic carbocycles. The maximum absolute atomic E-state index is 5.78. The second-order valence-corrected chi connectivity index (χ2v) is 5.33. The molecule has 0 bridgehead atoms. The summed E-state index contributed by atoms with van der Waals surface area (Å²) in [6, 6.07) is 10.2. The van der Waals surface area contributed by atoms with Gasteiger partial charge in [0.25, 0.3) is 0 Å². The molecule has 0 radical (unpaired) electrons. The van der Waals surface area contributed by atoms with Crippen molar-refractivity contribution in [1.29, 1.82) is 0 Å². The highest BCUT2D eigenvalue weighted by molar-refractivity contribution is 5.61. The van der Waals surface area contributed by atoms with Crippen molar-refractivity contribution in [2.45, 2.75) is 12.8 Å². The molecule has 1 atom stereocenters. The smallest absolute Gasteiger partial charge is 0.225 e. The minimum Gasteiger partial charge on any atom is -0.341 e. The van der Waals surface area contributed by atoms with Crippen molar-refractivity contribution in [3.63, 3.8) is 0 Å². The first-order valence-corrected chi connectivity index (χ1v) is 7.19. The number of aromatic nitrogens is 2. The predicted molar refractivity (Wildman–Crippen MR) is 81.5 cm³/mol. The first kappa shape index (κ1) is 13.1. The zero-order valence-corrected chi connectivity index (χ0v) is 11.6. The normalized spacial score (nSPS) is 19.1. The van der Waals surface area contributed by atoms with E-state index >= 15 is 0 Å². The molecule has 1 aromatic heterocycles. The molecule has 1 saturated heterocycles. The average molecular weight is 268 g/mol. The van der Waals surface area contributed by atoms with E-state index in [4.69, 9.17) is 5.73 Å². The molecule has 0 saturated carbocycles. The van der Waals surface area contributed by atoms with Crippen LogP contribution in [0.1, 0.15) is 12.8 Å². The molecule has 1 aliphatic heterocycles. The maximum atomic E-state index is 5.78. The van der Waals surface area contributed by atoms with E-state index in [9.17, 15) is 0 Å². The van der Waals surface area contributed by atoms with E-state index in [0.29, 0.717) is 5.92 Å². The second-order valence-electron chi connectivity index (χ2n) is 5.33. The fraction of sp³-hybridized carbons (Fsp3) is 0.375. The van der Waals surface area contributed by atoms with Gasteiger partial charge >= 0.3 is 0 Å². The van der Waals surface area contributed by atoms with Crippen LogP contribution in [0, 0.1) is 5.92 Å². The summed E-state index contributed by atoms with van der Waals surface area (Å²) >= 11 is 0. The van der Waals surface area contributed by atoms with Crippen LogP contribution in [0.5, 0.6) is 0 Å². The summed E-state index contributed by atoms with van der Waals surface area (Å²) in [5.74, 6) is 1.39. The Labute approximate surface area is 119 Å². The van der Waals surface area contributed by atoms with Crippen molar-refractivity contribution in [3.8, 4) is 11.1 Å². The third-order valence-electron chi connectivity index (χ3n) is 3.88. The summed E-state index contributed by atoms with van der Waals surface area (Å²) < 4.78 is 0. The number of piperidine rings is 1. The first-order chi connectivity index (χ1) is 9.86. The summed E-state index contributed by atoms with van der Waals surface area (Å²) in [5.41, 5.74) is 7.98. The zero-order chi connectivity index (χ0) is 13.8. The third-order valence-corrected chi connectivity index (χ3v) is 3.88. The summed E-state index contributed by atoms with van der Waals surface area (Å²) in [6.07, 6.45) is 6.20. The van der Waals surface area contributed by atoms with Crippen LogP contribution in [-0.4, -0.2) is 29.6 Å². The minimum atomic E-state index is 0.571. The van der Waals surface area contributed by atoms with Gasteiger partial charge in [0.2, 0.25) is 5.95 Å². The average Bonchev–Trinajstić information content (AvgIpc) is 2.56. The molecule has 3 rings (SSSR count). The molecule has 1 fully saturated rings. The van der Waals surface area contributed by atoms with Crippen LogP contribution in [0.2, 0.25) is 0 Å². The molecular weight excluding hydrogens is 248 g/mol. The summed E-state index contributed by atoms with van der Waals surface area (Å²) in [7, 11) is 0. The van der Waals surface area contributed by atoms with Gasteiger partial charge in [-0.25, -0.2) is 9.97 Å². The van der Waals surface area contributed by atoms with Crippen molar-refractivity contribution in [1.82, 2.24) is 9.97 Å². The third kappa shape index (κ3) is 2.80. The van der Waals surface area contributed by atoms with Gasteiger partial charge in [-0.05, 0) is 30.9 Å². The van der Waals surface area contributed by atoms with Gasteiger partial charge in [-0.3, -0.25) is 0 Å². The van der Waals surface area contributed by atoms with Gasteiger partial charge in [-0.2, -0.15) is 0 Å². The zero-order valence-electron chi connectivity index (χ0n) is 11.6. The number of hydrogen-bond acceptors (Lipinski definition) is 4. The van der Waals surface area contributed by atoms with Crippen LogP contribution in [0.25, 0.3) is 11.1 Å². The van der Waals surface area contributed by atoms with Crippen molar-refractivity contribution < 1.29 is 0 Å². The van der Waals surface area contributed by atoms with Crippen molar-refractivity contribution in [3.05, 3.63) is 42.7 Å². The molecule has 1 unspecified atom stereocenters. The van der Waals surface area contributed by atoms with Crippen LogP contribution in [0.4, 0.5) is 5.95 Å². The van der Waals surface area contributed by atoms with Crippen molar-refractivity contribution in [2.75, 3.05) is 24.5 Å². The Morgan fingerprint density at radius 3 is 2.55 bits per heavy atom. The first-order valence-electron chi connectivity index (χ1n) is 7.19. The number of nitrogens with zero attached hydrogens (tertiary/aromatic N) is 3. The van der Waals surface area contributed by atoms with Crippen LogP contribution in [0.15, 0.2) is 42.7 Å². The quantitative estimate of drug-likeness (QED) is 0.928. The van der Waals surface area contributed by atoms with Crippen molar-refractivity contribution >= 4 is 5.95 Å². The molecule has 4 nitrogen and oxygen atoms in total. The fourth-order valence-corrected chi connectivity index (χ4v) is 2.70. The largest absolute Gasteiger partial charge is 0.341 e. The lowest BCUT2D eigenvalue weighted by atomic mass is 9.99. The highest BCUT2D eigenvalue weighted by Gasteiger charge is 2.20. The Morgan fingerprint density at radius 1 is 1.10 bits per heavy atom. The fourth-order valence-electron chi connectivity index (χ4n) is 2.70. The second kappa shape index (κ2) is 6.01. The molecule has 2 aromatic rings. The van der Waals surface area contributed by atoms with E-state index in [2.05, 4.69) is 27.0 Å². The van der Waals surface area contributed by atoms with E-state index in [-0.39, 0.29) is 0 Å². The molecule has 0 amide bonds. The Kier molecular flexibility index (Phi) is 3.92. The highest BCUT2D eigenvalue weighted by Crippen LogP contribution is 2.22. The van der Waals surface area contributed by atoms with Crippen LogP contribution < -0.4 is 10.6 Å². The lowest BCUT2D eigenvalue weighted by Crippen LogP contribution is -2.39. The summed E-state index contributed by atoms with van der Waals surface area (Å²) in [6.45, 7) is 2.75. The van der Waals surface area contributed by atoms with E-state index in [1.165, 1.54) is 12.8 Å². The monoisotopic (exact) mass is 268 g/mol. The molecule has 20 heavy (non-hydrogen) atoms. The van der Waals surface area contributed by atoms with Gasteiger partial charge in [0.1, 0.15) is 0 Å². The Hall–Kier alpha value is -1.94. The number of hydrogen-bond donors (Lipinski definition) is 1. The van der Waals surface area contributed by atoms with Gasteiger partial charge in [0.05, 0.1) is 0 Å². The lowest BCUT2D eigenvalue weighted by molar-refractivity contribution is 0.419. The number of benzene rings is 1. The van der Waals surface area contributed by atoms with Crippen molar-refractivity contribution in [2.24, 2.45) is 11.7 Å². The molecule has 0 spiro atoms. The Morgan fingerprint density at radius 2 is 1.85 bits per heavy atom. The predicted octanol–water partition coefficient (Wildman–Crippen LogP) is 2.32. The van der Waals surface area contributed by atoms with E-state index in [1.54, 1.807) is 0 Å². The van der Waals surface area contributed by atoms with Crippen LogP contribution in [0.3, 0.4) is 0 Å². The summed E-state index contributed by atoms with van der Waals surface area (Å²) in [5, 5.41) is 0. The highest BCUT2D eigenvalue weighted by atomic mass is 15.2. The standard InChI is InChI=1S/C16H20N4/c17-9-13-5-4-8-20(12-13)16-18-10-15(11-19-16)14-6-2-1-3-7-14/h1-3,6-7,10-11,13H,4-5,8-9,12,17H2. The Bertz CT molecular complexity index is 538. The molecule has 1 aliphatic rings. The molecule has 104 valence electrons. The lowest BCUT2D eigenvalue weighted by Gasteiger charge is -2.32. The van der Waals surface area contributed by atoms with Crippen LogP contribution in [-0.2, 0) is 0 Å². The minimum absolute atomic E-state index is 0.571. The van der Waals surface area contributed by atoms with E-state index in [1.807, 2.05) is 30.6 Å². The van der Waals surface area contributed by atoms with E-state index in [0.717, 1.165) is 36.7 Å². The SMILES string of the molecule is NCC1CCCN(c2ncc(-c3ccccc3)cn2)C1. The molecule has 2 N–H and O–H groups in total. The van der Waals surface area contributed by atoms with E-state index < -0.39 is 0 Å². The van der Waals surface area contributed by atoms with Gasteiger partial charge in [-0.1, -0.05) is 30.3 Å². The molecular formula is C16H20N4. The van der Waals surface area contributed by atoms with Gasteiger partial charge in [-0.15, -0.1) is 0 Å². The number of anilines is 1. The summed E-state index contributed by atoms with van der Waals surface area (Å²) in [4.78, 5) is 11.3. The van der Waals surface area contributed by atoms with Gasteiger partial charge in [0, 0.05) is 31.0 Å². The molecule has 2 heterocycles. The maximum Gasteiger partial charge on any atom is 0.225 e.